The number of aromatic nitrogens is 5. The van der Waals surface area contributed by atoms with Gasteiger partial charge in [-0.15, -0.1) is 5.10 Å². The summed E-state index contributed by atoms with van der Waals surface area (Å²) in [5.41, 5.74) is -4.41. The molecule has 2 aromatic heterocycles. The molecule has 1 amide bonds. The van der Waals surface area contributed by atoms with Crippen molar-refractivity contribution >= 4 is 49.9 Å². The molecule has 202 valence electrons. The molecule has 0 radical (unpaired) electrons. The number of H-pyrrole nitrogens is 1. The molecule has 0 aliphatic heterocycles. The van der Waals surface area contributed by atoms with Gasteiger partial charge in [0, 0.05) is 33.8 Å². The maximum Gasteiger partial charge on any atom is 0.417 e. The maximum absolute atomic E-state index is 13.8. The zero-order valence-electron chi connectivity index (χ0n) is 19.3. The van der Waals surface area contributed by atoms with E-state index < -0.39 is 55.7 Å². The van der Waals surface area contributed by atoms with Crippen LogP contribution in [-0.2, 0) is 6.18 Å². The number of hydrogen-bond acceptors (Lipinski definition) is 10. The first-order valence-corrected chi connectivity index (χ1v) is 11.5. The fraction of sp³-hybridized carbons (Fsp3) is 0.0455. The average Bonchev–Trinajstić information content (AvgIpc) is 3.58. The van der Waals surface area contributed by atoms with Crippen LogP contribution in [0.25, 0.3) is 33.5 Å². The number of halogens is 4. The SMILES string of the molecule is O=C(Nc1ccc(Br)cc1-c1nnn[nH]1)c1noc2cc(-c3ccc([N+](=O)[O-])cc3C(F)(F)F)c([N+](=O)[O-])cc12. The van der Waals surface area contributed by atoms with Gasteiger partial charge in [-0.2, -0.15) is 13.2 Å². The molecule has 0 aliphatic carbocycles. The predicted octanol–water partition coefficient (Wildman–Crippen LogP) is 5.52. The first-order chi connectivity index (χ1) is 18.9. The van der Waals surface area contributed by atoms with E-state index in [0.717, 1.165) is 24.3 Å². The Morgan fingerprint density at radius 1 is 1.00 bits per heavy atom. The molecule has 0 saturated heterocycles. The molecule has 0 atom stereocenters. The largest absolute Gasteiger partial charge is 0.417 e. The smallest absolute Gasteiger partial charge is 0.355 e. The lowest BCUT2D eigenvalue weighted by Gasteiger charge is -2.13. The van der Waals surface area contributed by atoms with Crippen molar-refractivity contribution in [3.8, 4) is 22.5 Å². The summed E-state index contributed by atoms with van der Waals surface area (Å²) in [5, 5.41) is 42.4. The van der Waals surface area contributed by atoms with Gasteiger partial charge in [-0.05, 0) is 40.8 Å². The van der Waals surface area contributed by atoms with Crippen molar-refractivity contribution in [3.63, 3.8) is 0 Å². The molecule has 3 aromatic carbocycles. The van der Waals surface area contributed by atoms with Gasteiger partial charge < -0.3 is 9.84 Å². The number of alkyl halides is 3. The number of nitro benzene ring substituents is 2. The Morgan fingerprint density at radius 3 is 2.42 bits per heavy atom. The third kappa shape index (κ3) is 4.82. The third-order valence-corrected chi connectivity index (χ3v) is 6.13. The van der Waals surface area contributed by atoms with Gasteiger partial charge in [0.05, 0.1) is 32.0 Å². The number of rotatable bonds is 6. The summed E-state index contributed by atoms with van der Waals surface area (Å²) in [4.78, 5) is 34.1. The monoisotopic (exact) mass is 618 g/mol. The zero-order valence-corrected chi connectivity index (χ0v) is 20.8. The van der Waals surface area contributed by atoms with E-state index in [0.29, 0.717) is 10.0 Å². The molecule has 0 fully saturated rings. The Hall–Kier alpha value is -5.26. The predicted molar refractivity (Wildman–Crippen MR) is 133 cm³/mol. The van der Waals surface area contributed by atoms with Crippen LogP contribution in [0.3, 0.4) is 0 Å². The summed E-state index contributed by atoms with van der Waals surface area (Å²) < 4.78 is 47.2. The molecule has 14 nitrogen and oxygen atoms in total. The normalized spacial score (nSPS) is 11.5. The molecule has 5 aromatic rings. The number of carbonyl (C=O) groups excluding carboxylic acids is 1. The summed E-state index contributed by atoms with van der Waals surface area (Å²) >= 11 is 3.30. The summed E-state index contributed by atoms with van der Waals surface area (Å²) in [6.07, 6.45) is -5.09. The molecule has 18 heteroatoms. The minimum Gasteiger partial charge on any atom is -0.355 e. The molecule has 0 unspecified atom stereocenters. The lowest BCUT2D eigenvalue weighted by Crippen LogP contribution is -2.13. The number of nitro groups is 2. The lowest BCUT2D eigenvalue weighted by atomic mass is 9.96. The number of carbonyl (C=O) groups is 1. The quantitative estimate of drug-likeness (QED) is 0.180. The van der Waals surface area contributed by atoms with Crippen LogP contribution in [0, 0.1) is 20.2 Å². The van der Waals surface area contributed by atoms with E-state index in [9.17, 15) is 38.2 Å². The Labute approximate surface area is 226 Å². The van der Waals surface area contributed by atoms with E-state index in [4.69, 9.17) is 4.52 Å². The number of fused-ring (bicyclic) bond motifs is 1. The Kier molecular flexibility index (Phi) is 6.46. The maximum atomic E-state index is 13.8. The van der Waals surface area contributed by atoms with E-state index in [1.165, 1.54) is 6.07 Å². The first-order valence-electron chi connectivity index (χ1n) is 10.7. The number of amides is 1. The van der Waals surface area contributed by atoms with Crippen LogP contribution >= 0.6 is 15.9 Å². The topological polar surface area (TPSA) is 196 Å². The second-order valence-electron chi connectivity index (χ2n) is 8.03. The van der Waals surface area contributed by atoms with Crippen molar-refractivity contribution in [2.75, 3.05) is 5.32 Å². The van der Waals surface area contributed by atoms with Crippen LogP contribution in [0.2, 0.25) is 0 Å². The number of non-ortho nitro benzene ring substituents is 1. The second-order valence-corrected chi connectivity index (χ2v) is 8.95. The number of tetrazole rings is 1. The summed E-state index contributed by atoms with van der Waals surface area (Å²) in [6.45, 7) is 0. The fourth-order valence-electron chi connectivity index (χ4n) is 3.89. The number of nitrogens with zero attached hydrogens (tertiary/aromatic N) is 6. The van der Waals surface area contributed by atoms with Gasteiger partial charge in [0.1, 0.15) is 0 Å². The van der Waals surface area contributed by atoms with Crippen LogP contribution in [0.1, 0.15) is 16.1 Å². The minimum atomic E-state index is -5.09. The van der Waals surface area contributed by atoms with E-state index in [2.05, 4.69) is 47.0 Å². The fourth-order valence-corrected chi connectivity index (χ4v) is 4.26. The van der Waals surface area contributed by atoms with Gasteiger partial charge in [0.2, 0.25) is 0 Å². The van der Waals surface area contributed by atoms with Crippen LogP contribution in [0.4, 0.5) is 30.2 Å². The van der Waals surface area contributed by atoms with Gasteiger partial charge in [-0.1, -0.05) is 21.1 Å². The summed E-state index contributed by atoms with van der Waals surface area (Å²) in [7, 11) is 0. The highest BCUT2D eigenvalue weighted by Gasteiger charge is 2.37. The molecule has 40 heavy (non-hydrogen) atoms. The van der Waals surface area contributed by atoms with Crippen molar-refractivity contribution in [2.24, 2.45) is 0 Å². The lowest BCUT2D eigenvalue weighted by molar-refractivity contribution is -0.385. The zero-order chi connectivity index (χ0) is 28.8. The highest BCUT2D eigenvalue weighted by Crippen LogP contribution is 2.43. The molecular weight excluding hydrogens is 609 g/mol. The number of aromatic amines is 1. The van der Waals surface area contributed by atoms with Gasteiger partial charge in [0.15, 0.2) is 17.1 Å². The molecule has 5 rings (SSSR count). The molecule has 0 bridgehead atoms. The van der Waals surface area contributed by atoms with Gasteiger partial charge in [-0.3, -0.25) is 25.0 Å². The Morgan fingerprint density at radius 2 is 1.77 bits per heavy atom. The summed E-state index contributed by atoms with van der Waals surface area (Å²) in [5.74, 6) is -0.645. The second kappa shape index (κ2) is 9.80. The van der Waals surface area contributed by atoms with Gasteiger partial charge in [-0.25, -0.2) is 5.10 Å². The van der Waals surface area contributed by atoms with E-state index in [1.54, 1.807) is 12.1 Å². The first kappa shape index (κ1) is 26.4. The van der Waals surface area contributed by atoms with Crippen molar-refractivity contribution in [1.29, 1.82) is 0 Å². The highest BCUT2D eigenvalue weighted by molar-refractivity contribution is 9.10. The highest BCUT2D eigenvalue weighted by atomic mass is 79.9. The number of benzene rings is 3. The molecule has 2 N–H and O–H groups in total. The van der Waals surface area contributed by atoms with Crippen LogP contribution in [0.15, 0.2) is 57.5 Å². The van der Waals surface area contributed by atoms with Crippen LogP contribution < -0.4 is 5.32 Å². The molecule has 0 saturated carbocycles. The van der Waals surface area contributed by atoms with Gasteiger partial charge in [0.25, 0.3) is 17.3 Å². The third-order valence-electron chi connectivity index (χ3n) is 5.64. The van der Waals surface area contributed by atoms with Crippen LogP contribution in [0.5, 0.6) is 0 Å². The molecular formula is C22H10BrF3N8O6. The van der Waals surface area contributed by atoms with E-state index in [1.807, 2.05) is 0 Å². The minimum absolute atomic E-state index is 0.164. The van der Waals surface area contributed by atoms with Crippen LogP contribution in [-0.4, -0.2) is 41.5 Å². The number of hydrogen-bond donors (Lipinski definition) is 2. The van der Waals surface area contributed by atoms with Crippen molar-refractivity contribution in [1.82, 2.24) is 25.8 Å². The summed E-state index contributed by atoms with van der Waals surface area (Å²) in [6, 6.07) is 8.34. The Bertz CT molecular complexity index is 1820. The average molecular weight is 619 g/mol. The van der Waals surface area contributed by atoms with Gasteiger partial charge >= 0.3 is 6.18 Å². The molecule has 2 heterocycles. The van der Waals surface area contributed by atoms with Crippen molar-refractivity contribution in [2.45, 2.75) is 6.18 Å². The molecule has 0 aliphatic rings. The Balaban J connectivity index is 1.61. The van der Waals surface area contributed by atoms with Crippen molar-refractivity contribution in [3.05, 3.63) is 84.5 Å². The number of nitrogens with one attached hydrogen (secondary N) is 2. The van der Waals surface area contributed by atoms with E-state index in [-0.39, 0.29) is 28.5 Å². The standard InChI is InChI=1S/C22H10BrF3N8O6/c23-9-1-4-16(13(5-9)20-28-31-32-29-20)27-21(35)19-14-7-17(34(38)39)12(8-18(14)40-30-19)11-3-2-10(33(36)37)6-15(11)22(24,25)26/h1-8H,(H,27,35)(H,28,29,31,32). The van der Waals surface area contributed by atoms with E-state index >= 15 is 0 Å². The van der Waals surface area contributed by atoms with Crippen molar-refractivity contribution < 1.29 is 32.3 Å². The number of anilines is 1. The molecule has 0 spiro atoms.